The van der Waals surface area contributed by atoms with E-state index in [1.807, 2.05) is 60.7 Å². The number of hydrogen-bond acceptors (Lipinski definition) is 2. The molecule has 0 saturated carbocycles. The van der Waals surface area contributed by atoms with E-state index in [1.54, 1.807) is 0 Å². The summed E-state index contributed by atoms with van der Waals surface area (Å²) in [6.07, 6.45) is 0. The molecule has 0 spiro atoms. The molecule has 2 aromatic rings. The maximum absolute atomic E-state index is 4.83. The van der Waals surface area contributed by atoms with E-state index in [4.69, 9.17) is 25.3 Å². The van der Waals surface area contributed by atoms with Crippen LogP contribution < -0.4 is 0 Å². The monoisotopic (exact) mass is 503 g/mol. The van der Waals surface area contributed by atoms with E-state index < -0.39 is 0 Å². The summed E-state index contributed by atoms with van der Waals surface area (Å²) < 4.78 is 1.30. The first kappa shape index (κ1) is 19.0. The molecular weight excluding hydrogens is 492 g/mol. The third kappa shape index (κ3) is 8.01. The predicted molar refractivity (Wildman–Crippen MR) is 93.4 cm³/mol. The number of hydrogen-bond donors (Lipinski definition) is 0. The van der Waals surface area contributed by atoms with E-state index in [0.717, 1.165) is 11.1 Å². The van der Waals surface area contributed by atoms with Crippen molar-refractivity contribution in [1.82, 2.24) is 0 Å². The summed E-state index contributed by atoms with van der Waals surface area (Å²) in [4.78, 5) is 0. The second-order valence-electron chi connectivity index (χ2n) is 3.34. The summed E-state index contributed by atoms with van der Waals surface area (Å²) in [6, 6.07) is 19.4. The minimum absolute atomic E-state index is 0. The van der Waals surface area contributed by atoms with Crippen LogP contribution in [0.15, 0.2) is 60.7 Å². The van der Waals surface area contributed by atoms with E-state index in [0.29, 0.717) is 8.39 Å². The molecule has 0 atom stereocenters. The minimum Gasteiger partial charge on any atom is -0.693 e. The Kier molecular flexibility index (Phi) is 10.8. The van der Waals surface area contributed by atoms with Gasteiger partial charge in [-0.1, -0.05) is 60.7 Å². The Morgan fingerprint density at radius 1 is 0.632 bits per heavy atom. The molecule has 100 valence electrons. The average molecular weight is 504 g/mol. The Morgan fingerprint density at radius 3 is 1.05 bits per heavy atom. The number of thiol groups is 2. The molecular formula is C14H12PtS4+2. The fourth-order valence-corrected chi connectivity index (χ4v) is 1.73. The van der Waals surface area contributed by atoms with E-state index in [-0.39, 0.29) is 21.1 Å². The molecule has 0 aromatic heterocycles. The van der Waals surface area contributed by atoms with Gasteiger partial charge in [0.1, 0.15) is 24.4 Å². The first-order valence-corrected chi connectivity index (χ1v) is 6.89. The molecule has 0 nitrogen and oxygen atoms in total. The van der Waals surface area contributed by atoms with E-state index in [9.17, 15) is 0 Å². The van der Waals surface area contributed by atoms with Gasteiger partial charge in [0.25, 0.3) is 0 Å². The second-order valence-corrected chi connectivity index (χ2v) is 5.66. The second kappa shape index (κ2) is 10.8. The van der Waals surface area contributed by atoms with Gasteiger partial charge >= 0.3 is 21.1 Å². The Morgan fingerprint density at radius 2 is 0.895 bits per heavy atom. The van der Waals surface area contributed by atoms with Gasteiger partial charge in [-0.05, 0) is 0 Å². The van der Waals surface area contributed by atoms with Crippen LogP contribution in [0.3, 0.4) is 0 Å². The predicted octanol–water partition coefficient (Wildman–Crippen LogP) is 1.98. The van der Waals surface area contributed by atoms with Crippen molar-refractivity contribution in [3.05, 3.63) is 71.8 Å². The summed E-state index contributed by atoms with van der Waals surface area (Å²) in [5.74, 6) is 0. The molecule has 0 unspecified atom stereocenters. The molecule has 0 heterocycles. The van der Waals surface area contributed by atoms with Crippen molar-refractivity contribution >= 4 is 58.1 Å². The molecule has 0 fully saturated rings. The van der Waals surface area contributed by atoms with Crippen LogP contribution >= 0.6 is 0 Å². The van der Waals surface area contributed by atoms with Gasteiger partial charge < -0.3 is 25.3 Å². The van der Waals surface area contributed by atoms with Gasteiger partial charge in [-0.3, -0.25) is 0 Å². The van der Waals surface area contributed by atoms with Crippen LogP contribution in [0, 0.1) is 0 Å². The van der Waals surface area contributed by atoms with Crippen molar-refractivity contribution < 1.29 is 21.1 Å². The average Bonchev–Trinajstić information content (AvgIpc) is 2.41. The number of benzene rings is 2. The largest absolute Gasteiger partial charge is 2.00 e. The summed E-state index contributed by atoms with van der Waals surface area (Å²) in [5.41, 5.74) is 2.02. The summed E-state index contributed by atoms with van der Waals surface area (Å²) >= 11 is 17.7. The SMILES string of the molecule is [Pt+2].[S-]C(=[SH+])c1ccccc1.[S-]C(=[SH+])c1ccccc1. The van der Waals surface area contributed by atoms with Crippen LogP contribution in [-0.2, 0) is 70.8 Å². The normalized spacial score (nSPS) is 8.53. The Labute approximate surface area is 150 Å². The fraction of sp³-hybridized carbons (Fsp3) is 0. The van der Waals surface area contributed by atoms with Crippen molar-refractivity contribution in [2.45, 2.75) is 0 Å². The van der Waals surface area contributed by atoms with Gasteiger partial charge in [0.05, 0.1) is 8.39 Å². The van der Waals surface area contributed by atoms with Gasteiger partial charge in [0.15, 0.2) is 0 Å². The first-order chi connectivity index (χ1) is 8.61. The van der Waals surface area contributed by atoms with Crippen molar-refractivity contribution in [1.29, 1.82) is 0 Å². The smallest absolute Gasteiger partial charge is 0.693 e. The zero-order valence-electron chi connectivity index (χ0n) is 9.80. The van der Waals surface area contributed by atoms with Gasteiger partial charge in [-0.15, -0.1) is 0 Å². The molecule has 0 aliphatic carbocycles. The molecule has 0 saturated heterocycles. The molecule has 0 radical (unpaired) electrons. The van der Waals surface area contributed by atoms with E-state index in [1.165, 1.54) is 0 Å². The van der Waals surface area contributed by atoms with Crippen molar-refractivity contribution in [3.63, 3.8) is 0 Å². The summed E-state index contributed by atoms with van der Waals surface area (Å²) in [6.45, 7) is 0. The molecule has 2 rings (SSSR count). The molecule has 5 heteroatoms. The zero-order valence-corrected chi connectivity index (χ0v) is 15.5. The van der Waals surface area contributed by atoms with E-state index in [2.05, 4.69) is 24.4 Å². The molecule has 2 aromatic carbocycles. The van der Waals surface area contributed by atoms with Gasteiger partial charge in [-0.25, -0.2) is 0 Å². The molecule has 0 aliphatic heterocycles. The molecule has 0 N–H and O–H groups in total. The van der Waals surface area contributed by atoms with Crippen LogP contribution in [0.4, 0.5) is 0 Å². The minimum atomic E-state index is 0. The molecule has 0 bridgehead atoms. The quantitative estimate of drug-likeness (QED) is 0.266. The van der Waals surface area contributed by atoms with Gasteiger partial charge in [-0.2, -0.15) is 0 Å². The summed E-state index contributed by atoms with van der Waals surface area (Å²) in [5, 5.41) is 0. The van der Waals surface area contributed by atoms with Crippen molar-refractivity contribution in [2.24, 2.45) is 0 Å². The number of rotatable bonds is 2. The van der Waals surface area contributed by atoms with Crippen LogP contribution in [0.2, 0.25) is 0 Å². The molecule has 0 aliphatic rings. The Bertz CT molecular complexity index is 462. The first-order valence-electron chi connectivity index (χ1n) is 5.18. The molecule has 19 heavy (non-hydrogen) atoms. The zero-order chi connectivity index (χ0) is 13.4. The van der Waals surface area contributed by atoms with Crippen molar-refractivity contribution in [2.75, 3.05) is 0 Å². The fourth-order valence-electron chi connectivity index (χ4n) is 1.16. The molecule has 0 amide bonds. The van der Waals surface area contributed by atoms with Crippen LogP contribution in [-0.4, -0.2) is 8.39 Å². The van der Waals surface area contributed by atoms with Gasteiger partial charge in [0, 0.05) is 11.1 Å². The maximum Gasteiger partial charge on any atom is 2.00 e. The van der Waals surface area contributed by atoms with Crippen LogP contribution in [0.25, 0.3) is 0 Å². The topological polar surface area (TPSA) is 0 Å². The van der Waals surface area contributed by atoms with Crippen molar-refractivity contribution in [3.8, 4) is 0 Å². The third-order valence-electron chi connectivity index (χ3n) is 2.04. The van der Waals surface area contributed by atoms with Crippen LogP contribution in [0.1, 0.15) is 11.1 Å². The summed E-state index contributed by atoms with van der Waals surface area (Å²) in [7, 11) is 0. The van der Waals surface area contributed by atoms with Gasteiger partial charge in [0.2, 0.25) is 0 Å². The standard InChI is InChI=1S/2C7H6S2.Pt/c2*8-7(9)6-4-2-1-3-5-6;/h2*1-5H,(H,8,9);/q;;+2. The Balaban J connectivity index is 0.000000324. The van der Waals surface area contributed by atoms with E-state index >= 15 is 0 Å². The van der Waals surface area contributed by atoms with Crippen LogP contribution in [0.5, 0.6) is 0 Å². The third-order valence-corrected chi connectivity index (χ3v) is 3.03. The maximum atomic E-state index is 4.83. The Hall–Kier alpha value is 0.00831.